The van der Waals surface area contributed by atoms with Gasteiger partial charge in [0.05, 0.1) is 0 Å². The van der Waals surface area contributed by atoms with Gasteiger partial charge >= 0.3 is 5.97 Å². The van der Waals surface area contributed by atoms with Crippen molar-refractivity contribution in [3.8, 4) is 0 Å². The maximum absolute atomic E-state index is 13.4. The Morgan fingerprint density at radius 1 is 1.14 bits per heavy atom. The highest BCUT2D eigenvalue weighted by Gasteiger charge is 2.67. The highest BCUT2D eigenvalue weighted by molar-refractivity contribution is 5.93. The molecule has 196 valence electrons. The smallest absolute Gasteiger partial charge is 0.306 e. The van der Waals surface area contributed by atoms with Gasteiger partial charge in [0.15, 0.2) is 17.2 Å². The summed E-state index contributed by atoms with van der Waals surface area (Å²) in [5, 5.41) is 0. The van der Waals surface area contributed by atoms with E-state index < -0.39 is 11.0 Å². The number of carbonyl (C=O) groups excluding carboxylic acids is 3. The number of nitrogens with zero attached hydrogens (tertiary/aromatic N) is 1. The van der Waals surface area contributed by atoms with E-state index in [-0.39, 0.29) is 29.9 Å². The standard InChI is InChI=1S/C32H39NO4/c1-5-29(36)37-32(19(2)34)14-12-27-25-9-6-21-17-23(35)8-10-24(21)30(25)26(18-31(27,32)3)20-7-11-28-22(16-20)13-15-33(28)4/h7,11,16-17,25-27H,5-6,8-10,12-15,18H2,1-4H3/t25?,26?,27?,31-,32?/m0/s1. The van der Waals surface area contributed by atoms with Gasteiger partial charge < -0.3 is 9.64 Å². The molecule has 0 saturated heterocycles. The topological polar surface area (TPSA) is 63.7 Å². The van der Waals surface area contributed by atoms with Gasteiger partial charge in [-0.2, -0.15) is 0 Å². The monoisotopic (exact) mass is 501 g/mol. The number of likely N-dealkylation sites (N-methyl/N-ethyl adjacent to an activating group) is 1. The molecule has 0 radical (unpaired) electrons. The molecule has 5 nitrogen and oxygen atoms in total. The van der Waals surface area contributed by atoms with Crippen LogP contribution < -0.4 is 4.90 Å². The average Bonchev–Trinajstić information content (AvgIpc) is 3.40. The van der Waals surface area contributed by atoms with Crippen LogP contribution in [0.3, 0.4) is 0 Å². The summed E-state index contributed by atoms with van der Waals surface area (Å²) in [5.41, 5.74) is 6.68. The van der Waals surface area contributed by atoms with Gasteiger partial charge in [0.2, 0.25) is 0 Å². The molecule has 1 aromatic rings. The molecule has 2 saturated carbocycles. The van der Waals surface area contributed by atoms with Crippen molar-refractivity contribution in [1.29, 1.82) is 0 Å². The van der Waals surface area contributed by atoms with Gasteiger partial charge in [-0.3, -0.25) is 14.4 Å². The van der Waals surface area contributed by atoms with Gasteiger partial charge in [0.1, 0.15) is 0 Å². The van der Waals surface area contributed by atoms with Crippen LogP contribution in [0.15, 0.2) is 41.0 Å². The van der Waals surface area contributed by atoms with E-state index in [4.69, 9.17) is 4.74 Å². The lowest BCUT2D eigenvalue weighted by atomic mass is 9.50. The first-order valence-electron chi connectivity index (χ1n) is 14.2. The number of ether oxygens (including phenoxy) is 1. The third kappa shape index (κ3) is 3.52. The second-order valence-electron chi connectivity index (χ2n) is 12.3. The van der Waals surface area contributed by atoms with Crippen LogP contribution >= 0.6 is 0 Å². The molecule has 4 aliphatic carbocycles. The van der Waals surface area contributed by atoms with E-state index >= 15 is 0 Å². The SMILES string of the molecule is CCC(=O)OC1(C(C)=O)CCC2C3CCC4=CC(=O)CCC4=C3C(c3ccc4c(c3)CCN4C)C[C@@]21C. The molecule has 37 heavy (non-hydrogen) atoms. The third-order valence-corrected chi connectivity index (χ3v) is 10.6. The molecule has 1 aromatic carbocycles. The predicted octanol–water partition coefficient (Wildman–Crippen LogP) is 5.86. The minimum atomic E-state index is -1.06. The Bertz CT molecular complexity index is 1260. The fourth-order valence-corrected chi connectivity index (χ4v) is 8.83. The van der Waals surface area contributed by atoms with Crippen LogP contribution in [0.4, 0.5) is 5.69 Å². The summed E-state index contributed by atoms with van der Waals surface area (Å²) in [7, 11) is 2.15. The third-order valence-electron chi connectivity index (χ3n) is 10.6. The molecule has 5 aliphatic rings. The van der Waals surface area contributed by atoms with Gasteiger partial charge in [-0.15, -0.1) is 0 Å². The molecule has 0 aromatic heterocycles. The second-order valence-corrected chi connectivity index (χ2v) is 12.3. The number of hydrogen-bond acceptors (Lipinski definition) is 5. The number of fused-ring (bicyclic) bond motifs is 5. The molecule has 5 heteroatoms. The molecular weight excluding hydrogens is 462 g/mol. The first kappa shape index (κ1) is 24.6. The summed E-state index contributed by atoms with van der Waals surface area (Å²) in [5.74, 6) is 0.758. The van der Waals surface area contributed by atoms with Crippen molar-refractivity contribution in [3.63, 3.8) is 0 Å². The zero-order chi connectivity index (χ0) is 26.1. The fraction of sp³-hybridized carbons (Fsp3) is 0.594. The first-order chi connectivity index (χ1) is 17.7. The van der Waals surface area contributed by atoms with Crippen LogP contribution in [-0.4, -0.2) is 36.7 Å². The Morgan fingerprint density at radius 2 is 1.95 bits per heavy atom. The maximum Gasteiger partial charge on any atom is 0.306 e. The van der Waals surface area contributed by atoms with Crippen LogP contribution in [0, 0.1) is 17.3 Å². The van der Waals surface area contributed by atoms with Crippen molar-refractivity contribution in [2.75, 3.05) is 18.5 Å². The van der Waals surface area contributed by atoms with E-state index in [1.54, 1.807) is 13.8 Å². The van der Waals surface area contributed by atoms with Crippen molar-refractivity contribution in [2.45, 2.75) is 90.1 Å². The van der Waals surface area contributed by atoms with E-state index in [1.165, 1.54) is 33.5 Å². The summed E-state index contributed by atoms with van der Waals surface area (Å²) < 4.78 is 6.19. The van der Waals surface area contributed by atoms with Gasteiger partial charge in [-0.1, -0.05) is 31.6 Å². The Kier molecular flexibility index (Phi) is 5.78. The molecule has 2 fully saturated rings. The molecule has 0 N–H and O–H groups in total. The Labute approximate surface area is 220 Å². The summed E-state index contributed by atoms with van der Waals surface area (Å²) in [4.78, 5) is 40.7. The van der Waals surface area contributed by atoms with Crippen LogP contribution in [0.2, 0.25) is 0 Å². The van der Waals surface area contributed by atoms with E-state index in [2.05, 4.69) is 37.1 Å². The van der Waals surface area contributed by atoms with Crippen molar-refractivity contribution in [2.24, 2.45) is 17.3 Å². The van der Waals surface area contributed by atoms with Crippen LogP contribution in [0.5, 0.6) is 0 Å². The molecule has 1 aliphatic heterocycles. The lowest BCUT2D eigenvalue weighted by Crippen LogP contribution is -2.57. The van der Waals surface area contributed by atoms with Crippen molar-refractivity contribution in [3.05, 3.63) is 52.1 Å². The maximum atomic E-state index is 13.4. The summed E-state index contributed by atoms with van der Waals surface area (Å²) in [6, 6.07) is 6.94. The summed E-state index contributed by atoms with van der Waals surface area (Å²) in [6.07, 6.45) is 8.86. The van der Waals surface area contributed by atoms with Crippen LogP contribution in [0.25, 0.3) is 0 Å². The summed E-state index contributed by atoms with van der Waals surface area (Å²) >= 11 is 0. The number of allylic oxidation sites excluding steroid dienone is 4. The quantitative estimate of drug-likeness (QED) is 0.484. The van der Waals surface area contributed by atoms with E-state index in [9.17, 15) is 14.4 Å². The molecule has 0 spiro atoms. The van der Waals surface area contributed by atoms with Crippen molar-refractivity contribution >= 4 is 23.2 Å². The van der Waals surface area contributed by atoms with Crippen molar-refractivity contribution in [1.82, 2.24) is 0 Å². The summed E-state index contributed by atoms with van der Waals surface area (Å²) in [6.45, 7) is 6.70. The molecule has 1 heterocycles. The van der Waals surface area contributed by atoms with Crippen LogP contribution in [0.1, 0.15) is 89.2 Å². The zero-order valence-electron chi connectivity index (χ0n) is 22.7. The molecular formula is C32H39NO4. The lowest BCUT2D eigenvalue weighted by molar-refractivity contribution is -0.184. The van der Waals surface area contributed by atoms with E-state index in [1.807, 2.05) is 6.08 Å². The fourth-order valence-electron chi connectivity index (χ4n) is 8.83. The second kappa shape index (κ2) is 8.68. The van der Waals surface area contributed by atoms with Crippen LogP contribution in [-0.2, 0) is 25.5 Å². The highest BCUT2D eigenvalue weighted by Crippen LogP contribution is 2.68. The molecule has 5 atom stereocenters. The normalized spacial score (nSPS) is 34.4. The minimum absolute atomic E-state index is 0.00983. The lowest BCUT2D eigenvalue weighted by Gasteiger charge is -2.55. The number of ketones is 2. The van der Waals surface area contributed by atoms with Crippen molar-refractivity contribution < 1.29 is 19.1 Å². The Hall–Kier alpha value is -2.69. The number of carbonyl (C=O) groups is 3. The number of rotatable bonds is 4. The van der Waals surface area contributed by atoms with Gasteiger partial charge in [0.25, 0.3) is 0 Å². The largest absolute Gasteiger partial charge is 0.450 e. The number of Topliss-reactive ketones (excluding diaryl/α,β-unsaturated/α-hetero) is 1. The van der Waals surface area contributed by atoms with E-state index in [0.29, 0.717) is 24.7 Å². The number of hydrogen-bond donors (Lipinski definition) is 0. The predicted molar refractivity (Wildman–Crippen MR) is 143 cm³/mol. The van der Waals surface area contributed by atoms with Gasteiger partial charge in [-0.05, 0) is 98.1 Å². The molecule has 6 rings (SSSR count). The van der Waals surface area contributed by atoms with Gasteiger partial charge in [-0.25, -0.2) is 0 Å². The first-order valence-corrected chi connectivity index (χ1v) is 14.2. The number of esters is 1. The molecule has 4 unspecified atom stereocenters. The Balaban J connectivity index is 1.52. The minimum Gasteiger partial charge on any atom is -0.450 e. The average molecular weight is 502 g/mol. The van der Waals surface area contributed by atoms with E-state index in [0.717, 1.165) is 45.1 Å². The zero-order valence-corrected chi connectivity index (χ0v) is 22.7. The Morgan fingerprint density at radius 3 is 2.70 bits per heavy atom. The number of anilines is 1. The molecule has 0 amide bonds. The van der Waals surface area contributed by atoms with Gasteiger partial charge in [0, 0.05) is 43.5 Å². The molecule has 0 bridgehead atoms. The highest BCUT2D eigenvalue weighted by atomic mass is 16.6. The number of benzene rings is 1.